The molecule has 0 aromatic heterocycles. The fraction of sp³-hybridized carbons (Fsp3) is 0.846. The van der Waals surface area contributed by atoms with Gasteiger partial charge >= 0.3 is 0 Å². The number of nitrogens with zero attached hydrogens (tertiary/aromatic N) is 2. The molecule has 3 aliphatic rings. The van der Waals surface area contributed by atoms with Gasteiger partial charge in [-0.1, -0.05) is 6.42 Å². The average molecular weight is 233 g/mol. The predicted molar refractivity (Wildman–Crippen MR) is 63.0 cm³/mol. The maximum absolute atomic E-state index is 12.4. The maximum atomic E-state index is 12.4. The Morgan fingerprint density at radius 2 is 2.18 bits per heavy atom. The molecule has 0 spiro atoms. The zero-order valence-electron chi connectivity index (χ0n) is 10.1. The molecule has 17 heavy (non-hydrogen) atoms. The highest BCUT2D eigenvalue weighted by molar-refractivity contribution is 5.83. The number of nitrogens with one attached hydrogen (secondary N) is 1. The van der Waals surface area contributed by atoms with Crippen LogP contribution in [-0.2, 0) is 4.79 Å². The Kier molecular flexibility index (Phi) is 2.79. The molecule has 2 saturated heterocycles. The highest BCUT2D eigenvalue weighted by Gasteiger charge is 2.42. The first-order chi connectivity index (χ1) is 8.29. The van der Waals surface area contributed by atoms with E-state index in [1.165, 1.54) is 19.3 Å². The van der Waals surface area contributed by atoms with Crippen LogP contribution < -0.4 is 5.32 Å². The summed E-state index contributed by atoms with van der Waals surface area (Å²) in [6.07, 6.45) is 6.59. The minimum atomic E-state index is -0.176. The van der Waals surface area contributed by atoms with Crippen molar-refractivity contribution in [3.05, 3.63) is 0 Å². The number of fused-ring (bicyclic) bond motifs is 1. The highest BCUT2D eigenvalue weighted by Crippen LogP contribution is 2.35. The molecule has 3 rings (SSSR count). The molecule has 2 aliphatic heterocycles. The molecule has 4 nitrogen and oxygen atoms in total. The van der Waals surface area contributed by atoms with E-state index in [-0.39, 0.29) is 18.0 Å². The second-order valence-electron chi connectivity index (χ2n) is 5.57. The predicted octanol–water partition coefficient (Wildman–Crippen LogP) is 1.03. The molecule has 0 aromatic rings. The third kappa shape index (κ3) is 1.83. The maximum Gasteiger partial charge on any atom is 0.240 e. The minimum absolute atomic E-state index is 0.0146. The van der Waals surface area contributed by atoms with Gasteiger partial charge in [0.05, 0.1) is 12.1 Å². The zero-order chi connectivity index (χ0) is 11.8. The van der Waals surface area contributed by atoms with E-state index >= 15 is 0 Å². The number of hydrogen-bond donors (Lipinski definition) is 1. The van der Waals surface area contributed by atoms with Crippen molar-refractivity contribution in [2.45, 2.75) is 56.7 Å². The van der Waals surface area contributed by atoms with E-state index in [9.17, 15) is 4.79 Å². The minimum Gasteiger partial charge on any atom is -0.325 e. The van der Waals surface area contributed by atoms with E-state index in [0.29, 0.717) is 12.0 Å². The lowest BCUT2D eigenvalue weighted by molar-refractivity contribution is -0.133. The van der Waals surface area contributed by atoms with E-state index in [0.717, 1.165) is 25.8 Å². The van der Waals surface area contributed by atoms with Crippen molar-refractivity contribution >= 4 is 5.91 Å². The Morgan fingerprint density at radius 1 is 1.29 bits per heavy atom. The van der Waals surface area contributed by atoms with Gasteiger partial charge in [-0.25, -0.2) is 0 Å². The van der Waals surface area contributed by atoms with Crippen molar-refractivity contribution in [2.24, 2.45) is 5.92 Å². The Morgan fingerprint density at radius 3 is 2.94 bits per heavy atom. The largest absolute Gasteiger partial charge is 0.325 e. The number of carbonyl (C=O) groups is 1. The quantitative estimate of drug-likeness (QED) is 0.736. The van der Waals surface area contributed by atoms with Gasteiger partial charge in [-0.3, -0.25) is 4.79 Å². The summed E-state index contributed by atoms with van der Waals surface area (Å²) in [5, 5.41) is 12.5. The molecule has 0 aromatic carbocycles. The van der Waals surface area contributed by atoms with Crippen molar-refractivity contribution in [3.8, 4) is 6.07 Å². The molecule has 3 unspecified atom stereocenters. The van der Waals surface area contributed by atoms with Crippen molar-refractivity contribution in [1.29, 1.82) is 5.26 Å². The lowest BCUT2D eigenvalue weighted by atomic mass is 10.0. The lowest BCUT2D eigenvalue weighted by Crippen LogP contribution is -2.46. The zero-order valence-corrected chi connectivity index (χ0v) is 10.1. The van der Waals surface area contributed by atoms with Gasteiger partial charge in [-0.2, -0.15) is 5.26 Å². The molecule has 1 saturated carbocycles. The standard InChI is InChI=1S/C13H19N3O/c14-8-10-4-2-6-16(10)13(17)12-7-9-3-1-5-11(9)15-12/h9-12,15H,1-7H2/t9?,10-,11?,12?/m0/s1. The van der Waals surface area contributed by atoms with Crippen LogP contribution in [0, 0.1) is 17.2 Å². The molecule has 1 amide bonds. The summed E-state index contributed by atoms with van der Waals surface area (Å²) in [5.41, 5.74) is 0. The third-order valence-electron chi connectivity index (χ3n) is 4.60. The Labute approximate surface area is 102 Å². The third-order valence-corrected chi connectivity index (χ3v) is 4.60. The van der Waals surface area contributed by atoms with Crippen molar-refractivity contribution in [1.82, 2.24) is 10.2 Å². The molecule has 2 heterocycles. The smallest absolute Gasteiger partial charge is 0.240 e. The van der Waals surface area contributed by atoms with Crippen LogP contribution in [0.1, 0.15) is 38.5 Å². The van der Waals surface area contributed by atoms with E-state index < -0.39 is 0 Å². The van der Waals surface area contributed by atoms with Gasteiger partial charge in [-0.15, -0.1) is 0 Å². The van der Waals surface area contributed by atoms with Crippen LogP contribution in [0.15, 0.2) is 0 Å². The fourth-order valence-electron chi connectivity index (χ4n) is 3.70. The molecule has 4 heteroatoms. The Balaban J connectivity index is 1.65. The van der Waals surface area contributed by atoms with Crippen molar-refractivity contribution in [2.75, 3.05) is 6.54 Å². The summed E-state index contributed by atoms with van der Waals surface area (Å²) in [7, 11) is 0. The number of amides is 1. The van der Waals surface area contributed by atoms with Gasteiger partial charge in [-0.05, 0) is 38.0 Å². The summed E-state index contributed by atoms with van der Waals surface area (Å²) >= 11 is 0. The normalized spacial score (nSPS) is 40.3. The van der Waals surface area contributed by atoms with Gasteiger partial charge in [0.15, 0.2) is 0 Å². The molecule has 0 radical (unpaired) electrons. The first kappa shape index (κ1) is 11.0. The van der Waals surface area contributed by atoms with Crippen molar-refractivity contribution < 1.29 is 4.79 Å². The van der Waals surface area contributed by atoms with Crippen LogP contribution >= 0.6 is 0 Å². The Bertz CT molecular complexity index is 350. The molecular weight excluding hydrogens is 214 g/mol. The number of hydrogen-bond acceptors (Lipinski definition) is 3. The van der Waals surface area contributed by atoms with Crippen LogP contribution in [0.2, 0.25) is 0 Å². The van der Waals surface area contributed by atoms with Gasteiger partial charge in [0, 0.05) is 12.6 Å². The number of rotatable bonds is 1. The topological polar surface area (TPSA) is 56.1 Å². The first-order valence-electron chi connectivity index (χ1n) is 6.76. The molecular formula is C13H19N3O. The van der Waals surface area contributed by atoms with Gasteiger partial charge in [0.25, 0.3) is 0 Å². The van der Waals surface area contributed by atoms with Crippen molar-refractivity contribution in [3.63, 3.8) is 0 Å². The Hall–Kier alpha value is -1.08. The monoisotopic (exact) mass is 233 g/mol. The lowest BCUT2D eigenvalue weighted by Gasteiger charge is -2.23. The number of carbonyl (C=O) groups excluding carboxylic acids is 1. The van der Waals surface area contributed by atoms with Crippen LogP contribution in [-0.4, -0.2) is 35.5 Å². The van der Waals surface area contributed by atoms with Crippen LogP contribution in [0.25, 0.3) is 0 Å². The SMILES string of the molecule is N#C[C@@H]1CCCN1C(=O)C1CC2CCCC2N1. The molecule has 0 bridgehead atoms. The molecule has 3 fully saturated rings. The second-order valence-corrected chi connectivity index (χ2v) is 5.57. The summed E-state index contributed by atoms with van der Waals surface area (Å²) in [5.74, 6) is 0.871. The van der Waals surface area contributed by atoms with Crippen LogP contribution in [0.5, 0.6) is 0 Å². The van der Waals surface area contributed by atoms with Crippen LogP contribution in [0.4, 0.5) is 0 Å². The highest BCUT2D eigenvalue weighted by atomic mass is 16.2. The van der Waals surface area contributed by atoms with Gasteiger partial charge in [0.2, 0.25) is 5.91 Å². The second kappa shape index (κ2) is 4.30. The summed E-state index contributed by atoms with van der Waals surface area (Å²) in [6, 6.07) is 2.62. The first-order valence-corrected chi connectivity index (χ1v) is 6.76. The summed E-state index contributed by atoms with van der Waals surface area (Å²) in [6.45, 7) is 0.768. The summed E-state index contributed by atoms with van der Waals surface area (Å²) < 4.78 is 0. The summed E-state index contributed by atoms with van der Waals surface area (Å²) in [4.78, 5) is 14.2. The molecule has 92 valence electrons. The molecule has 1 aliphatic carbocycles. The van der Waals surface area contributed by atoms with Gasteiger partial charge in [0.1, 0.15) is 6.04 Å². The fourth-order valence-corrected chi connectivity index (χ4v) is 3.70. The average Bonchev–Trinajstić information content (AvgIpc) is 3.02. The molecule has 4 atom stereocenters. The van der Waals surface area contributed by atoms with E-state index in [1.54, 1.807) is 4.90 Å². The number of nitriles is 1. The molecule has 1 N–H and O–H groups in total. The van der Waals surface area contributed by atoms with E-state index in [4.69, 9.17) is 5.26 Å². The van der Waals surface area contributed by atoms with E-state index in [1.807, 2.05) is 0 Å². The van der Waals surface area contributed by atoms with Crippen LogP contribution in [0.3, 0.4) is 0 Å². The van der Waals surface area contributed by atoms with Gasteiger partial charge < -0.3 is 10.2 Å². The number of likely N-dealkylation sites (tertiary alicyclic amines) is 1. The van der Waals surface area contributed by atoms with E-state index in [2.05, 4.69) is 11.4 Å².